The van der Waals surface area contributed by atoms with Crippen molar-refractivity contribution in [1.29, 1.82) is 0 Å². The molecule has 0 spiro atoms. The van der Waals surface area contributed by atoms with Crippen LogP contribution >= 0.6 is 0 Å². The van der Waals surface area contributed by atoms with Gasteiger partial charge in [0, 0.05) is 5.56 Å². The van der Waals surface area contributed by atoms with Gasteiger partial charge < -0.3 is 33.5 Å². The van der Waals surface area contributed by atoms with Crippen LogP contribution in [-0.2, 0) is 30.0 Å². The van der Waals surface area contributed by atoms with E-state index in [1.807, 2.05) is 43.4 Å². The van der Waals surface area contributed by atoms with Crippen LogP contribution in [0.25, 0.3) is 0 Å². The highest BCUT2D eigenvalue weighted by Gasteiger charge is 2.53. The highest BCUT2D eigenvalue weighted by Crippen LogP contribution is 2.41. The van der Waals surface area contributed by atoms with Gasteiger partial charge in [0.05, 0.1) is 7.11 Å². The summed E-state index contributed by atoms with van der Waals surface area (Å²) in [7, 11) is -1.04. The van der Waals surface area contributed by atoms with Gasteiger partial charge in [-0.05, 0) is 49.7 Å². The van der Waals surface area contributed by atoms with E-state index in [-0.39, 0.29) is 17.4 Å². The second-order valence-corrected chi connectivity index (χ2v) is 16.6. The molecule has 9 nitrogen and oxygen atoms in total. The minimum absolute atomic E-state index is 0.0268. The second-order valence-electron chi connectivity index (χ2n) is 11.8. The highest BCUT2D eigenvalue weighted by molar-refractivity contribution is 6.74. The Kier molecular flexibility index (Phi) is 9.94. The average Bonchev–Trinajstić information content (AvgIpc) is 3.23. The summed E-state index contributed by atoms with van der Waals surface area (Å²) in [6.45, 7) is 13.6. The molecule has 0 aromatic heterocycles. The number of carbonyl (C=O) groups excluding carboxylic acids is 3. The number of methoxy groups -OCH3 is 1. The minimum atomic E-state index is -2.56. The Hall–Kier alpha value is -3.05. The van der Waals surface area contributed by atoms with Gasteiger partial charge in [0.2, 0.25) is 0 Å². The fraction of sp³-hybridized carbons (Fsp3) is 0.500. The molecule has 0 aliphatic carbocycles. The molecule has 0 radical (unpaired) electrons. The van der Waals surface area contributed by atoms with Crippen LogP contribution in [0.2, 0.25) is 18.1 Å². The Labute approximate surface area is 237 Å². The van der Waals surface area contributed by atoms with E-state index in [1.165, 1.54) is 7.11 Å². The Bertz CT molecular complexity index is 1180. The summed E-state index contributed by atoms with van der Waals surface area (Å²) in [5.74, 6) is -0.988. The predicted molar refractivity (Wildman–Crippen MR) is 153 cm³/mol. The minimum Gasteiger partial charge on any atom is -0.497 e. The third-order valence-electron chi connectivity index (χ3n) is 7.30. The van der Waals surface area contributed by atoms with Gasteiger partial charge in [-0.1, -0.05) is 63.2 Å². The molecule has 4 atom stereocenters. The SMILES string of the molecule is COc1cccc(C(=O)[C@H]2OC(C)(C)O[C@H]2[C@H](O[Si](C)(C)C(C)(C)C)[C@@H](C=O)NC(=O)OCc2ccccc2)c1. The fourth-order valence-corrected chi connectivity index (χ4v) is 5.44. The molecule has 218 valence electrons. The number of Topliss-reactive ketones (excluding diaryl/α,β-unsaturated/α-hetero) is 1. The van der Waals surface area contributed by atoms with E-state index in [0.717, 1.165) is 5.56 Å². The second kappa shape index (κ2) is 12.6. The number of aldehydes is 1. The lowest BCUT2D eigenvalue weighted by molar-refractivity contribution is -0.155. The summed E-state index contributed by atoms with van der Waals surface area (Å²) >= 11 is 0. The Morgan fingerprint density at radius 2 is 1.75 bits per heavy atom. The lowest BCUT2D eigenvalue weighted by atomic mass is 9.95. The maximum atomic E-state index is 13.8. The molecule has 1 aliphatic rings. The number of carbonyl (C=O) groups is 3. The van der Waals surface area contributed by atoms with Crippen molar-refractivity contribution in [3.63, 3.8) is 0 Å². The molecular formula is C30H41NO8Si. The molecule has 1 amide bonds. The largest absolute Gasteiger partial charge is 0.497 e. The van der Waals surface area contributed by atoms with Crippen molar-refractivity contribution in [2.24, 2.45) is 0 Å². The number of hydrogen-bond donors (Lipinski definition) is 1. The van der Waals surface area contributed by atoms with Crippen molar-refractivity contribution in [3.05, 3.63) is 65.7 Å². The molecule has 1 heterocycles. The standard InChI is InChI=1S/C30H41NO8Si/c1-29(2,3)40(7,8)39-25(23(18-32)31-28(34)36-19-20-13-10-9-11-14-20)27-26(37-30(4,5)38-27)24(33)21-15-12-16-22(17-21)35-6/h9-18,23,25-27H,19H2,1-8H3,(H,31,34)/t23-,25-,26-,27+/m1/s1. The fourth-order valence-electron chi connectivity index (χ4n) is 4.13. The zero-order valence-electron chi connectivity index (χ0n) is 24.6. The van der Waals surface area contributed by atoms with Crippen LogP contribution in [0.1, 0.15) is 50.5 Å². The van der Waals surface area contributed by atoms with Crippen LogP contribution < -0.4 is 10.1 Å². The van der Waals surface area contributed by atoms with Crippen molar-refractivity contribution in [3.8, 4) is 5.75 Å². The lowest BCUT2D eigenvalue weighted by Crippen LogP contribution is -2.59. The summed E-state index contributed by atoms with van der Waals surface area (Å²) in [6, 6.07) is 14.8. The number of hydrogen-bond acceptors (Lipinski definition) is 8. The summed E-state index contributed by atoms with van der Waals surface area (Å²) in [6.07, 6.45) is -3.36. The van der Waals surface area contributed by atoms with Gasteiger partial charge in [0.15, 0.2) is 26.0 Å². The number of nitrogens with one attached hydrogen (secondary N) is 1. The molecule has 1 saturated heterocycles. The summed E-state index contributed by atoms with van der Waals surface area (Å²) in [4.78, 5) is 39.1. The van der Waals surface area contributed by atoms with Crippen LogP contribution in [0.3, 0.4) is 0 Å². The van der Waals surface area contributed by atoms with E-state index >= 15 is 0 Å². The van der Waals surface area contributed by atoms with Crippen LogP contribution in [0.15, 0.2) is 54.6 Å². The first-order valence-corrected chi connectivity index (χ1v) is 16.2. The number of amides is 1. The molecule has 3 rings (SSSR count). The molecule has 10 heteroatoms. The van der Waals surface area contributed by atoms with Gasteiger partial charge in [-0.25, -0.2) is 4.79 Å². The van der Waals surface area contributed by atoms with Gasteiger partial charge in [0.25, 0.3) is 0 Å². The van der Waals surface area contributed by atoms with Crippen LogP contribution in [0.4, 0.5) is 4.79 Å². The molecule has 1 aliphatic heterocycles. The molecular weight excluding hydrogens is 530 g/mol. The molecule has 40 heavy (non-hydrogen) atoms. The number of rotatable bonds is 11. The zero-order valence-corrected chi connectivity index (χ0v) is 25.6. The molecule has 0 unspecified atom stereocenters. The summed E-state index contributed by atoms with van der Waals surface area (Å²) < 4.78 is 29.7. The number of ketones is 1. The first-order chi connectivity index (χ1) is 18.7. The Morgan fingerprint density at radius 1 is 1.07 bits per heavy atom. The lowest BCUT2D eigenvalue weighted by Gasteiger charge is -2.42. The van der Waals surface area contributed by atoms with Crippen LogP contribution in [0.5, 0.6) is 5.75 Å². The van der Waals surface area contributed by atoms with E-state index < -0.39 is 44.6 Å². The van der Waals surface area contributed by atoms with Crippen molar-refractivity contribution < 1.29 is 37.8 Å². The van der Waals surface area contributed by atoms with Gasteiger partial charge >= 0.3 is 6.09 Å². The number of alkyl carbamates (subject to hydrolysis) is 1. The Balaban J connectivity index is 1.94. The maximum absolute atomic E-state index is 13.8. The third kappa shape index (κ3) is 7.78. The van der Waals surface area contributed by atoms with Gasteiger partial charge in [0.1, 0.15) is 36.9 Å². The molecule has 2 aromatic carbocycles. The normalized spacial score (nSPS) is 20.3. The average molecular weight is 572 g/mol. The van der Waals surface area contributed by atoms with E-state index in [9.17, 15) is 14.4 Å². The molecule has 1 fully saturated rings. The third-order valence-corrected chi connectivity index (χ3v) is 11.8. The van der Waals surface area contributed by atoms with Crippen molar-refractivity contribution >= 4 is 26.5 Å². The summed E-state index contributed by atoms with van der Waals surface area (Å²) in [5.41, 5.74) is 1.16. The van der Waals surface area contributed by atoms with Gasteiger partial charge in [-0.15, -0.1) is 0 Å². The number of benzene rings is 2. The highest BCUT2D eigenvalue weighted by atomic mass is 28.4. The van der Waals surface area contributed by atoms with Gasteiger partial charge in [-0.2, -0.15) is 0 Å². The smallest absolute Gasteiger partial charge is 0.408 e. The van der Waals surface area contributed by atoms with Crippen LogP contribution in [-0.4, -0.2) is 63.7 Å². The molecule has 0 saturated carbocycles. The quantitative estimate of drug-likeness (QED) is 0.220. The van der Waals surface area contributed by atoms with E-state index in [2.05, 4.69) is 26.1 Å². The maximum Gasteiger partial charge on any atom is 0.408 e. The monoisotopic (exact) mass is 571 g/mol. The topological polar surface area (TPSA) is 109 Å². The van der Waals surface area contributed by atoms with Crippen molar-refractivity contribution in [2.75, 3.05) is 7.11 Å². The first-order valence-electron chi connectivity index (χ1n) is 13.3. The molecule has 0 bridgehead atoms. The van der Waals surface area contributed by atoms with Crippen LogP contribution in [0, 0.1) is 0 Å². The van der Waals surface area contributed by atoms with E-state index in [1.54, 1.807) is 38.1 Å². The van der Waals surface area contributed by atoms with E-state index in [4.69, 9.17) is 23.4 Å². The molecule has 1 N–H and O–H groups in total. The van der Waals surface area contributed by atoms with Gasteiger partial charge in [-0.3, -0.25) is 4.79 Å². The van der Waals surface area contributed by atoms with Crippen molar-refractivity contribution in [2.45, 2.75) is 89.5 Å². The molecule has 2 aromatic rings. The number of ether oxygens (including phenoxy) is 4. The summed E-state index contributed by atoms with van der Waals surface area (Å²) in [5, 5.41) is 2.39. The first kappa shape index (κ1) is 31.5. The zero-order chi connectivity index (χ0) is 29.7. The van der Waals surface area contributed by atoms with Crippen molar-refractivity contribution in [1.82, 2.24) is 5.32 Å². The Morgan fingerprint density at radius 3 is 2.35 bits per heavy atom. The predicted octanol–water partition coefficient (Wildman–Crippen LogP) is 5.28. The van der Waals surface area contributed by atoms with E-state index in [0.29, 0.717) is 17.6 Å².